The van der Waals surface area contributed by atoms with Crippen molar-refractivity contribution >= 4 is 73.9 Å². The molecule has 0 unspecified atom stereocenters. The lowest BCUT2D eigenvalue weighted by Gasteiger charge is -2.05. The van der Waals surface area contributed by atoms with Gasteiger partial charge in [0.2, 0.25) is 0 Å². The van der Waals surface area contributed by atoms with Crippen molar-refractivity contribution in [1.82, 2.24) is 4.98 Å². The van der Waals surface area contributed by atoms with Crippen LogP contribution in [0, 0.1) is 0 Å². The van der Waals surface area contributed by atoms with Crippen LogP contribution >= 0.6 is 46.3 Å². The lowest BCUT2D eigenvalue weighted by atomic mass is 10.1. The summed E-state index contributed by atoms with van der Waals surface area (Å²) in [5.74, 6) is 0.104. The Bertz CT molecular complexity index is 1220. The molecule has 1 N–H and O–H groups in total. The average molecular weight is 473 g/mol. The fourth-order valence-electron chi connectivity index (χ4n) is 2.69. The van der Waals surface area contributed by atoms with Crippen LogP contribution in [0.5, 0.6) is 0 Å². The molecule has 0 aliphatic heterocycles. The number of halogens is 2. The number of rotatable bonds is 6. The van der Waals surface area contributed by atoms with Crippen molar-refractivity contribution in [1.29, 1.82) is 0 Å². The Labute approximate surface area is 191 Å². The van der Waals surface area contributed by atoms with Crippen LogP contribution in [-0.2, 0) is 0 Å². The molecule has 1 amide bonds. The average Bonchev–Trinajstić information content (AvgIpc) is 3.15. The number of thioether (sulfide) groups is 1. The van der Waals surface area contributed by atoms with Gasteiger partial charge in [-0.2, -0.15) is 0 Å². The molecule has 0 saturated heterocycles. The SMILES string of the molecule is O=C(CSc1nc2ccc(NC(=O)c3ccc(Cl)cc3)cc2s1)c1ccc(Cl)cc1. The number of ketones is 1. The van der Waals surface area contributed by atoms with Crippen LogP contribution in [0.4, 0.5) is 5.69 Å². The summed E-state index contributed by atoms with van der Waals surface area (Å²) < 4.78 is 1.74. The maximum Gasteiger partial charge on any atom is 0.255 e. The highest BCUT2D eigenvalue weighted by molar-refractivity contribution is 8.01. The summed E-state index contributed by atoms with van der Waals surface area (Å²) in [6, 6.07) is 19.1. The third-order valence-electron chi connectivity index (χ3n) is 4.23. The molecule has 8 heteroatoms. The monoisotopic (exact) mass is 472 g/mol. The second kappa shape index (κ2) is 9.18. The molecule has 0 fully saturated rings. The Kier molecular flexibility index (Phi) is 6.39. The van der Waals surface area contributed by atoms with Gasteiger partial charge in [0.25, 0.3) is 5.91 Å². The van der Waals surface area contributed by atoms with E-state index in [1.165, 1.54) is 23.1 Å². The molecule has 0 radical (unpaired) electrons. The summed E-state index contributed by atoms with van der Waals surface area (Å²) in [5, 5.41) is 4.06. The van der Waals surface area contributed by atoms with E-state index in [4.69, 9.17) is 23.2 Å². The minimum Gasteiger partial charge on any atom is -0.322 e. The number of carbonyl (C=O) groups is 2. The summed E-state index contributed by atoms with van der Waals surface area (Å²) in [5.41, 5.74) is 2.66. The largest absolute Gasteiger partial charge is 0.322 e. The summed E-state index contributed by atoms with van der Waals surface area (Å²) >= 11 is 14.6. The van der Waals surface area contributed by atoms with Gasteiger partial charge in [-0.3, -0.25) is 9.59 Å². The second-order valence-corrected chi connectivity index (χ2v) is 9.47. The van der Waals surface area contributed by atoms with Crippen LogP contribution in [0.15, 0.2) is 71.1 Å². The number of Topliss-reactive ketones (excluding diaryl/α,β-unsaturated/α-hetero) is 1. The highest BCUT2D eigenvalue weighted by Gasteiger charge is 2.11. The van der Waals surface area contributed by atoms with Gasteiger partial charge < -0.3 is 5.32 Å². The lowest BCUT2D eigenvalue weighted by molar-refractivity contribution is 0.101. The number of amides is 1. The maximum absolute atomic E-state index is 12.4. The second-order valence-electron chi connectivity index (χ2n) is 6.34. The molecule has 30 heavy (non-hydrogen) atoms. The van der Waals surface area contributed by atoms with E-state index in [-0.39, 0.29) is 11.7 Å². The van der Waals surface area contributed by atoms with E-state index in [0.717, 1.165) is 14.6 Å². The molecule has 0 aliphatic carbocycles. The first-order chi connectivity index (χ1) is 14.5. The normalized spacial score (nSPS) is 10.9. The van der Waals surface area contributed by atoms with E-state index in [1.807, 2.05) is 18.2 Å². The first-order valence-corrected chi connectivity index (χ1v) is 11.4. The minimum atomic E-state index is -0.210. The summed E-state index contributed by atoms with van der Waals surface area (Å²) in [6.07, 6.45) is 0. The van der Waals surface area contributed by atoms with Crippen LogP contribution in [0.2, 0.25) is 10.0 Å². The topological polar surface area (TPSA) is 59.1 Å². The lowest BCUT2D eigenvalue weighted by Crippen LogP contribution is -2.11. The van der Waals surface area contributed by atoms with Crippen molar-refractivity contribution < 1.29 is 9.59 Å². The Morgan fingerprint density at radius 1 is 0.900 bits per heavy atom. The molecule has 0 aliphatic rings. The van der Waals surface area contributed by atoms with Crippen LogP contribution in [0.25, 0.3) is 10.2 Å². The fraction of sp³-hybridized carbons (Fsp3) is 0.0455. The van der Waals surface area contributed by atoms with E-state index in [1.54, 1.807) is 48.5 Å². The Morgan fingerprint density at radius 2 is 1.53 bits per heavy atom. The minimum absolute atomic E-state index is 0.0202. The van der Waals surface area contributed by atoms with Crippen molar-refractivity contribution in [3.05, 3.63) is 87.9 Å². The zero-order valence-corrected chi connectivity index (χ0v) is 18.5. The number of hydrogen-bond acceptors (Lipinski definition) is 5. The van der Waals surface area contributed by atoms with Gasteiger partial charge in [0.1, 0.15) is 0 Å². The first-order valence-electron chi connectivity index (χ1n) is 8.87. The predicted octanol–water partition coefficient (Wildman–Crippen LogP) is 6.83. The Hall–Kier alpha value is -2.38. The van der Waals surface area contributed by atoms with Crippen LogP contribution in [0.3, 0.4) is 0 Å². The molecular formula is C22H14Cl2N2O2S2. The molecule has 1 heterocycles. The molecule has 150 valence electrons. The van der Waals surface area contributed by atoms with Gasteiger partial charge in [-0.05, 0) is 66.7 Å². The number of anilines is 1. The van der Waals surface area contributed by atoms with Crippen molar-refractivity contribution in [2.75, 3.05) is 11.1 Å². The number of carbonyl (C=O) groups excluding carboxylic acids is 2. The highest BCUT2D eigenvalue weighted by atomic mass is 35.5. The standard InChI is InChI=1S/C22H14Cl2N2O2S2/c23-15-5-1-13(2-6-15)19(27)12-29-22-26-18-10-9-17(11-20(18)30-22)25-21(28)14-3-7-16(24)8-4-14/h1-11H,12H2,(H,25,28). The molecule has 4 rings (SSSR count). The van der Waals surface area contributed by atoms with Crippen molar-refractivity contribution in [3.8, 4) is 0 Å². The molecule has 4 aromatic rings. The van der Waals surface area contributed by atoms with Gasteiger partial charge in [0.15, 0.2) is 10.1 Å². The number of fused-ring (bicyclic) bond motifs is 1. The van der Waals surface area contributed by atoms with Gasteiger partial charge in [0.05, 0.1) is 16.0 Å². The summed E-state index contributed by atoms with van der Waals surface area (Å²) in [4.78, 5) is 29.3. The third-order valence-corrected chi connectivity index (χ3v) is 6.89. The van der Waals surface area contributed by atoms with Gasteiger partial charge in [-0.15, -0.1) is 11.3 Å². The van der Waals surface area contributed by atoms with Crippen LogP contribution in [-0.4, -0.2) is 22.4 Å². The molecule has 0 bridgehead atoms. The highest BCUT2D eigenvalue weighted by Crippen LogP contribution is 2.32. The molecule has 0 spiro atoms. The van der Waals surface area contributed by atoms with Gasteiger partial charge >= 0.3 is 0 Å². The van der Waals surface area contributed by atoms with Gasteiger partial charge in [-0.25, -0.2) is 4.98 Å². The quantitative estimate of drug-likeness (QED) is 0.246. The van der Waals surface area contributed by atoms with Crippen molar-refractivity contribution in [2.45, 2.75) is 4.34 Å². The van der Waals surface area contributed by atoms with Crippen molar-refractivity contribution in [2.24, 2.45) is 0 Å². The van der Waals surface area contributed by atoms with E-state index < -0.39 is 0 Å². The molecule has 1 aromatic heterocycles. The molecule has 0 saturated carbocycles. The Balaban J connectivity index is 1.43. The molecule has 4 nitrogen and oxygen atoms in total. The molecule has 3 aromatic carbocycles. The van der Waals surface area contributed by atoms with Crippen LogP contribution < -0.4 is 5.32 Å². The number of hydrogen-bond donors (Lipinski definition) is 1. The number of aromatic nitrogens is 1. The van der Waals surface area contributed by atoms with E-state index in [2.05, 4.69) is 10.3 Å². The first kappa shape index (κ1) is 20.9. The summed E-state index contributed by atoms with van der Waals surface area (Å²) in [6.45, 7) is 0. The maximum atomic E-state index is 12.4. The van der Waals surface area contributed by atoms with Crippen LogP contribution in [0.1, 0.15) is 20.7 Å². The van der Waals surface area contributed by atoms with E-state index in [9.17, 15) is 9.59 Å². The fourth-order valence-corrected chi connectivity index (χ4v) is 4.95. The Morgan fingerprint density at radius 3 is 2.20 bits per heavy atom. The van der Waals surface area contributed by atoms with Gasteiger partial charge in [0, 0.05) is 26.9 Å². The molecular weight excluding hydrogens is 459 g/mol. The zero-order chi connectivity index (χ0) is 21.1. The smallest absolute Gasteiger partial charge is 0.255 e. The van der Waals surface area contributed by atoms with Gasteiger partial charge in [-0.1, -0.05) is 35.0 Å². The zero-order valence-electron chi connectivity index (χ0n) is 15.4. The number of nitrogens with zero attached hydrogens (tertiary/aromatic N) is 1. The number of benzene rings is 3. The summed E-state index contributed by atoms with van der Waals surface area (Å²) in [7, 11) is 0. The number of thiazole rings is 1. The van der Waals surface area contributed by atoms with E-state index in [0.29, 0.717) is 32.6 Å². The predicted molar refractivity (Wildman–Crippen MR) is 126 cm³/mol. The molecule has 0 atom stereocenters. The third kappa shape index (κ3) is 5.02. The van der Waals surface area contributed by atoms with E-state index >= 15 is 0 Å². The number of nitrogens with one attached hydrogen (secondary N) is 1. The van der Waals surface area contributed by atoms with Crippen molar-refractivity contribution in [3.63, 3.8) is 0 Å².